The number of hydrogen-bond acceptors (Lipinski definition) is 4. The Bertz CT molecular complexity index is 793. The van der Waals surface area contributed by atoms with E-state index in [-0.39, 0.29) is 24.8 Å². The molecular weight excluding hydrogens is 380 g/mol. The van der Waals surface area contributed by atoms with Gasteiger partial charge in [0.1, 0.15) is 5.69 Å². The lowest BCUT2D eigenvalue weighted by atomic mass is 10.2. The van der Waals surface area contributed by atoms with Crippen molar-refractivity contribution in [3.05, 3.63) is 59.2 Å². The Kier molecular flexibility index (Phi) is 7.33. The Hall–Kier alpha value is -2.68. The number of carbonyl (C=O) groups excluding carboxylic acids is 1. The predicted octanol–water partition coefficient (Wildman–Crippen LogP) is 4.22. The summed E-state index contributed by atoms with van der Waals surface area (Å²) in [6.07, 6.45) is -3.50. The van der Waals surface area contributed by atoms with Crippen molar-refractivity contribution in [3.8, 4) is 5.75 Å². The van der Waals surface area contributed by atoms with Crippen LogP contribution in [0, 0.1) is 11.7 Å². The molecule has 1 N–H and O–H groups in total. The van der Waals surface area contributed by atoms with Crippen molar-refractivity contribution in [3.63, 3.8) is 0 Å². The molecule has 0 aliphatic heterocycles. The van der Waals surface area contributed by atoms with Gasteiger partial charge in [-0.1, -0.05) is 26.0 Å². The molecule has 9 heteroatoms. The molecule has 28 heavy (non-hydrogen) atoms. The Balaban J connectivity index is 1.88. The van der Waals surface area contributed by atoms with Crippen LogP contribution >= 0.6 is 0 Å². The van der Waals surface area contributed by atoms with Crippen molar-refractivity contribution < 1.29 is 31.8 Å². The maximum absolute atomic E-state index is 13.4. The maximum Gasteiger partial charge on any atom is 0.573 e. The molecule has 1 heterocycles. The SMILES string of the molecule is CC(C)CNC(=O)c1ccc(COCc2ccc(F)c(OC(F)(F)F)c2)cn1. The Labute approximate surface area is 159 Å². The summed E-state index contributed by atoms with van der Waals surface area (Å²) in [6.45, 7) is 4.57. The lowest BCUT2D eigenvalue weighted by Gasteiger charge is -2.11. The second-order valence-corrected chi connectivity index (χ2v) is 6.46. The van der Waals surface area contributed by atoms with E-state index in [4.69, 9.17) is 4.74 Å². The van der Waals surface area contributed by atoms with E-state index in [2.05, 4.69) is 15.0 Å². The van der Waals surface area contributed by atoms with Gasteiger partial charge in [0.15, 0.2) is 11.6 Å². The molecule has 0 saturated carbocycles. The van der Waals surface area contributed by atoms with Crippen LogP contribution in [0.3, 0.4) is 0 Å². The van der Waals surface area contributed by atoms with Crippen LogP contribution in [0.4, 0.5) is 17.6 Å². The van der Waals surface area contributed by atoms with Crippen LogP contribution in [0.25, 0.3) is 0 Å². The number of carbonyl (C=O) groups is 1. The minimum absolute atomic E-state index is 0.0505. The predicted molar refractivity (Wildman–Crippen MR) is 93.0 cm³/mol. The lowest BCUT2D eigenvalue weighted by molar-refractivity contribution is -0.275. The number of aromatic nitrogens is 1. The molecule has 0 bridgehead atoms. The van der Waals surface area contributed by atoms with Crippen molar-refractivity contribution in [2.45, 2.75) is 33.4 Å². The van der Waals surface area contributed by atoms with Gasteiger partial charge in [0, 0.05) is 12.7 Å². The number of pyridine rings is 1. The van der Waals surface area contributed by atoms with Gasteiger partial charge in [-0.3, -0.25) is 9.78 Å². The Morgan fingerprint density at radius 3 is 2.43 bits per heavy atom. The molecule has 2 aromatic rings. The monoisotopic (exact) mass is 400 g/mol. The molecule has 0 atom stereocenters. The summed E-state index contributed by atoms with van der Waals surface area (Å²) in [7, 11) is 0. The van der Waals surface area contributed by atoms with Gasteiger partial charge in [-0.25, -0.2) is 4.39 Å². The number of ether oxygens (including phenoxy) is 2. The van der Waals surface area contributed by atoms with E-state index in [9.17, 15) is 22.4 Å². The fraction of sp³-hybridized carbons (Fsp3) is 0.368. The largest absolute Gasteiger partial charge is 0.573 e. The molecule has 0 aliphatic rings. The van der Waals surface area contributed by atoms with Crippen LogP contribution in [0.2, 0.25) is 0 Å². The molecule has 5 nitrogen and oxygen atoms in total. The van der Waals surface area contributed by atoms with Crippen molar-refractivity contribution in [1.82, 2.24) is 10.3 Å². The minimum atomic E-state index is -4.98. The summed E-state index contributed by atoms with van der Waals surface area (Å²) in [5.74, 6) is -1.97. The third-order valence-electron chi connectivity index (χ3n) is 3.49. The fourth-order valence-electron chi connectivity index (χ4n) is 2.16. The van der Waals surface area contributed by atoms with Crippen molar-refractivity contribution in [1.29, 1.82) is 0 Å². The topological polar surface area (TPSA) is 60.5 Å². The van der Waals surface area contributed by atoms with E-state index >= 15 is 0 Å². The summed E-state index contributed by atoms with van der Waals surface area (Å²) in [4.78, 5) is 16.0. The zero-order chi connectivity index (χ0) is 20.7. The first-order chi connectivity index (χ1) is 13.1. The van der Waals surface area contributed by atoms with Gasteiger partial charge >= 0.3 is 6.36 Å². The number of rotatable bonds is 8. The molecule has 1 aromatic carbocycles. The quantitative estimate of drug-likeness (QED) is 0.674. The van der Waals surface area contributed by atoms with Crippen molar-refractivity contribution >= 4 is 5.91 Å². The van der Waals surface area contributed by atoms with E-state index in [0.717, 1.165) is 12.1 Å². The number of alkyl halides is 3. The summed E-state index contributed by atoms with van der Waals surface area (Å²) in [5.41, 5.74) is 1.27. The average molecular weight is 400 g/mol. The number of amides is 1. The zero-order valence-electron chi connectivity index (χ0n) is 15.3. The molecular formula is C19H20F4N2O3. The molecule has 0 spiro atoms. The molecule has 1 aromatic heterocycles. The van der Waals surface area contributed by atoms with Crippen LogP contribution in [-0.2, 0) is 18.0 Å². The first kappa shape index (κ1) is 21.6. The summed E-state index contributed by atoms with van der Waals surface area (Å²) >= 11 is 0. The summed E-state index contributed by atoms with van der Waals surface area (Å²) in [5, 5.41) is 2.75. The van der Waals surface area contributed by atoms with Gasteiger partial charge in [0.05, 0.1) is 13.2 Å². The van der Waals surface area contributed by atoms with Gasteiger partial charge < -0.3 is 14.8 Å². The highest BCUT2D eigenvalue weighted by atomic mass is 19.4. The molecule has 0 saturated heterocycles. The van der Waals surface area contributed by atoms with Gasteiger partial charge in [-0.05, 0) is 35.2 Å². The molecule has 2 rings (SSSR count). The summed E-state index contributed by atoms with van der Waals surface area (Å²) in [6, 6.07) is 6.34. The first-order valence-corrected chi connectivity index (χ1v) is 8.49. The van der Waals surface area contributed by atoms with Crippen LogP contribution in [0.1, 0.15) is 35.5 Å². The number of nitrogens with zero attached hydrogens (tertiary/aromatic N) is 1. The number of nitrogens with one attached hydrogen (secondary N) is 1. The molecule has 0 unspecified atom stereocenters. The molecule has 0 aliphatic carbocycles. The highest BCUT2D eigenvalue weighted by Crippen LogP contribution is 2.26. The fourth-order valence-corrected chi connectivity index (χ4v) is 2.16. The standard InChI is InChI=1S/C19H20F4N2O3/c1-12(2)8-25-18(26)16-6-4-14(9-24-16)11-27-10-13-3-5-15(20)17(7-13)28-19(21,22)23/h3-7,9,12H,8,10-11H2,1-2H3,(H,25,26). The van der Waals surface area contributed by atoms with Crippen molar-refractivity contribution in [2.75, 3.05) is 6.54 Å². The number of hydrogen-bond donors (Lipinski definition) is 1. The molecule has 152 valence electrons. The zero-order valence-corrected chi connectivity index (χ0v) is 15.3. The number of halogens is 4. The van der Waals surface area contributed by atoms with Gasteiger partial charge in [0.25, 0.3) is 5.91 Å². The van der Waals surface area contributed by atoms with Crippen LogP contribution in [0.15, 0.2) is 36.5 Å². The van der Waals surface area contributed by atoms with E-state index < -0.39 is 17.9 Å². The smallest absolute Gasteiger partial charge is 0.403 e. The van der Waals surface area contributed by atoms with E-state index in [0.29, 0.717) is 23.6 Å². The normalized spacial score (nSPS) is 11.5. The van der Waals surface area contributed by atoms with Crippen LogP contribution in [-0.4, -0.2) is 23.8 Å². The van der Waals surface area contributed by atoms with E-state index in [1.54, 1.807) is 12.1 Å². The molecule has 1 amide bonds. The maximum atomic E-state index is 13.4. The highest BCUT2D eigenvalue weighted by Gasteiger charge is 2.32. The minimum Gasteiger partial charge on any atom is -0.403 e. The highest BCUT2D eigenvalue weighted by molar-refractivity contribution is 5.92. The van der Waals surface area contributed by atoms with Crippen LogP contribution < -0.4 is 10.1 Å². The van der Waals surface area contributed by atoms with Crippen LogP contribution in [0.5, 0.6) is 5.75 Å². The average Bonchev–Trinajstić information content (AvgIpc) is 2.61. The lowest BCUT2D eigenvalue weighted by Crippen LogP contribution is -2.28. The van der Waals surface area contributed by atoms with Gasteiger partial charge in [0.2, 0.25) is 0 Å². The number of benzene rings is 1. The second-order valence-electron chi connectivity index (χ2n) is 6.46. The Morgan fingerprint density at radius 2 is 1.82 bits per heavy atom. The Morgan fingerprint density at radius 1 is 1.14 bits per heavy atom. The molecule has 0 radical (unpaired) electrons. The van der Waals surface area contributed by atoms with E-state index in [1.807, 2.05) is 13.8 Å². The third-order valence-corrected chi connectivity index (χ3v) is 3.49. The first-order valence-electron chi connectivity index (χ1n) is 8.49. The van der Waals surface area contributed by atoms with Gasteiger partial charge in [-0.2, -0.15) is 0 Å². The second kappa shape index (κ2) is 9.50. The molecule has 0 fully saturated rings. The third kappa shape index (κ3) is 7.15. The van der Waals surface area contributed by atoms with E-state index in [1.165, 1.54) is 12.3 Å². The van der Waals surface area contributed by atoms with Gasteiger partial charge in [-0.15, -0.1) is 13.2 Å². The van der Waals surface area contributed by atoms with Crippen molar-refractivity contribution in [2.24, 2.45) is 5.92 Å². The summed E-state index contributed by atoms with van der Waals surface area (Å²) < 4.78 is 59.2.